The molecule has 0 aromatic carbocycles. The summed E-state index contributed by atoms with van der Waals surface area (Å²) in [6, 6.07) is 0. The predicted octanol–water partition coefficient (Wildman–Crippen LogP) is -0.929. The minimum Gasteiger partial charge on any atom is -0.385 e. The second-order valence-electron chi connectivity index (χ2n) is 2.80. The van der Waals surface area contributed by atoms with E-state index in [-0.39, 0.29) is 11.5 Å². The van der Waals surface area contributed by atoms with Crippen LogP contribution in [-0.2, 0) is 9.47 Å². The Morgan fingerprint density at radius 1 is 1.27 bits per heavy atom. The highest BCUT2D eigenvalue weighted by molar-refractivity contribution is 6.21. The zero-order chi connectivity index (χ0) is 8.01. The number of halogens is 1. The Hall–Kier alpha value is 0.130. The van der Waals surface area contributed by atoms with Gasteiger partial charge in [0.25, 0.3) is 0 Å². The molecular weight excluding hydrogens is 172 g/mol. The molecule has 0 amide bonds. The van der Waals surface area contributed by atoms with Crippen molar-refractivity contribution in [2.75, 3.05) is 6.61 Å². The molecule has 4 nitrogen and oxygen atoms in total. The fourth-order valence-electron chi connectivity index (χ4n) is 1.46. The van der Waals surface area contributed by atoms with Crippen molar-refractivity contribution in [1.29, 1.82) is 0 Å². The van der Waals surface area contributed by atoms with Gasteiger partial charge in [-0.2, -0.15) is 0 Å². The third kappa shape index (κ3) is 1.06. The monoisotopic (exact) mass is 180 g/mol. The summed E-state index contributed by atoms with van der Waals surface area (Å²) in [6.45, 7) is 0.376. The Morgan fingerprint density at radius 3 is 2.64 bits per heavy atom. The van der Waals surface area contributed by atoms with Gasteiger partial charge in [0.15, 0.2) is 6.29 Å². The predicted molar refractivity (Wildman–Crippen MR) is 36.3 cm³/mol. The van der Waals surface area contributed by atoms with Crippen LogP contribution in [0.2, 0.25) is 0 Å². The van der Waals surface area contributed by atoms with Gasteiger partial charge in [-0.1, -0.05) is 0 Å². The average Bonchev–Trinajstić information content (AvgIpc) is 2.43. The van der Waals surface area contributed by atoms with Gasteiger partial charge in [0.2, 0.25) is 0 Å². The van der Waals surface area contributed by atoms with Crippen LogP contribution in [0.15, 0.2) is 0 Å². The van der Waals surface area contributed by atoms with Crippen LogP contribution in [0.25, 0.3) is 0 Å². The molecule has 0 bridgehead atoms. The quantitative estimate of drug-likeness (QED) is 0.473. The highest BCUT2D eigenvalue weighted by atomic mass is 35.5. The number of hydrogen-bond donors (Lipinski definition) is 2. The molecule has 2 N–H and O–H groups in total. The van der Waals surface area contributed by atoms with E-state index in [0.717, 1.165) is 0 Å². The van der Waals surface area contributed by atoms with E-state index in [0.29, 0.717) is 6.61 Å². The van der Waals surface area contributed by atoms with E-state index in [9.17, 15) is 5.11 Å². The van der Waals surface area contributed by atoms with E-state index < -0.39 is 18.5 Å². The van der Waals surface area contributed by atoms with Crippen LogP contribution in [0.5, 0.6) is 0 Å². The second kappa shape index (κ2) is 2.57. The van der Waals surface area contributed by atoms with E-state index in [4.69, 9.17) is 26.2 Å². The molecule has 2 rings (SSSR count). The van der Waals surface area contributed by atoms with Crippen molar-refractivity contribution in [3.05, 3.63) is 0 Å². The molecule has 0 aliphatic carbocycles. The van der Waals surface area contributed by atoms with E-state index in [1.165, 1.54) is 0 Å². The van der Waals surface area contributed by atoms with Crippen LogP contribution >= 0.6 is 11.6 Å². The molecule has 64 valence electrons. The lowest BCUT2D eigenvalue weighted by Gasteiger charge is -2.10. The standard InChI is InChI=1S/C6H9ClO4/c7-2-1-10-5-3(8)6(9)11-4(2)5/h2-6,8-9H,1H2. The Balaban J connectivity index is 2.12. The molecule has 0 radical (unpaired) electrons. The number of ether oxygens (including phenoxy) is 2. The topological polar surface area (TPSA) is 58.9 Å². The summed E-state index contributed by atoms with van der Waals surface area (Å²) in [5, 5.41) is 18.0. The van der Waals surface area contributed by atoms with Gasteiger partial charge in [-0.15, -0.1) is 11.6 Å². The van der Waals surface area contributed by atoms with Crippen LogP contribution in [-0.4, -0.2) is 46.8 Å². The van der Waals surface area contributed by atoms with Gasteiger partial charge < -0.3 is 19.7 Å². The van der Waals surface area contributed by atoms with Crippen molar-refractivity contribution < 1.29 is 19.7 Å². The first-order valence-electron chi connectivity index (χ1n) is 3.47. The number of rotatable bonds is 0. The summed E-state index contributed by atoms with van der Waals surface area (Å²) in [5.74, 6) is 0. The number of hydrogen-bond acceptors (Lipinski definition) is 4. The molecule has 2 aliphatic rings. The SMILES string of the molecule is OC1OC2C(Cl)COC2C1O. The molecule has 2 aliphatic heterocycles. The van der Waals surface area contributed by atoms with Crippen molar-refractivity contribution >= 4 is 11.6 Å². The summed E-state index contributed by atoms with van der Waals surface area (Å²) in [5.41, 5.74) is 0. The van der Waals surface area contributed by atoms with Crippen molar-refractivity contribution in [2.45, 2.75) is 30.0 Å². The zero-order valence-corrected chi connectivity index (χ0v) is 6.44. The van der Waals surface area contributed by atoms with Crippen molar-refractivity contribution in [3.63, 3.8) is 0 Å². The van der Waals surface area contributed by atoms with E-state index in [1.807, 2.05) is 0 Å². The van der Waals surface area contributed by atoms with Crippen LogP contribution < -0.4 is 0 Å². The molecule has 0 aromatic rings. The molecular formula is C6H9ClO4. The number of fused-ring (bicyclic) bond motifs is 1. The lowest BCUT2D eigenvalue weighted by atomic mass is 10.1. The Bertz CT molecular complexity index is 165. The maximum absolute atomic E-state index is 9.23. The largest absolute Gasteiger partial charge is 0.385 e. The van der Waals surface area contributed by atoms with Crippen LogP contribution in [0, 0.1) is 0 Å². The summed E-state index contributed by atoms with van der Waals surface area (Å²) in [4.78, 5) is 0. The van der Waals surface area contributed by atoms with Crippen LogP contribution in [0.4, 0.5) is 0 Å². The fraction of sp³-hybridized carbons (Fsp3) is 1.00. The molecule has 0 saturated carbocycles. The van der Waals surface area contributed by atoms with Crippen molar-refractivity contribution in [1.82, 2.24) is 0 Å². The summed E-state index contributed by atoms with van der Waals surface area (Å²) in [7, 11) is 0. The van der Waals surface area contributed by atoms with E-state index >= 15 is 0 Å². The molecule has 2 heterocycles. The average molecular weight is 181 g/mol. The van der Waals surface area contributed by atoms with Gasteiger partial charge in [-0.3, -0.25) is 0 Å². The van der Waals surface area contributed by atoms with Gasteiger partial charge in [-0.05, 0) is 0 Å². The van der Waals surface area contributed by atoms with Crippen LogP contribution in [0.3, 0.4) is 0 Å². The first-order chi connectivity index (χ1) is 5.20. The van der Waals surface area contributed by atoms with Crippen molar-refractivity contribution in [3.8, 4) is 0 Å². The first-order valence-corrected chi connectivity index (χ1v) is 3.91. The lowest BCUT2D eigenvalue weighted by molar-refractivity contribution is -0.132. The number of aliphatic hydroxyl groups is 2. The molecule has 0 aromatic heterocycles. The van der Waals surface area contributed by atoms with Crippen molar-refractivity contribution in [2.24, 2.45) is 0 Å². The number of aliphatic hydroxyl groups excluding tert-OH is 2. The first kappa shape index (κ1) is 7.76. The molecule has 11 heavy (non-hydrogen) atoms. The normalized spacial score (nSPS) is 56.5. The smallest absolute Gasteiger partial charge is 0.184 e. The maximum Gasteiger partial charge on any atom is 0.184 e. The van der Waals surface area contributed by atoms with Gasteiger partial charge in [0.1, 0.15) is 18.3 Å². The van der Waals surface area contributed by atoms with Crippen LogP contribution in [0.1, 0.15) is 0 Å². The minimum absolute atomic E-state index is 0.258. The maximum atomic E-state index is 9.23. The molecule has 5 heteroatoms. The molecule has 5 unspecified atom stereocenters. The highest BCUT2D eigenvalue weighted by Gasteiger charge is 2.51. The van der Waals surface area contributed by atoms with Gasteiger partial charge >= 0.3 is 0 Å². The highest BCUT2D eigenvalue weighted by Crippen LogP contribution is 2.32. The summed E-state index contributed by atoms with van der Waals surface area (Å²) in [6.07, 6.45) is -2.91. The van der Waals surface area contributed by atoms with Gasteiger partial charge in [0, 0.05) is 0 Å². The summed E-state index contributed by atoms with van der Waals surface area (Å²) >= 11 is 5.77. The van der Waals surface area contributed by atoms with E-state index in [1.54, 1.807) is 0 Å². The van der Waals surface area contributed by atoms with Gasteiger partial charge in [0.05, 0.1) is 12.0 Å². The lowest BCUT2D eigenvalue weighted by Crippen LogP contribution is -2.31. The number of alkyl halides is 1. The molecule has 2 saturated heterocycles. The molecule has 5 atom stereocenters. The van der Waals surface area contributed by atoms with E-state index in [2.05, 4.69) is 0 Å². The minimum atomic E-state index is -1.15. The molecule has 2 fully saturated rings. The summed E-state index contributed by atoms with van der Waals surface area (Å²) < 4.78 is 10.1. The zero-order valence-electron chi connectivity index (χ0n) is 5.68. The third-order valence-electron chi connectivity index (χ3n) is 2.05. The Kier molecular flexibility index (Phi) is 1.81. The third-order valence-corrected chi connectivity index (χ3v) is 2.43. The Morgan fingerprint density at radius 2 is 2.00 bits per heavy atom. The second-order valence-corrected chi connectivity index (χ2v) is 3.36. The Labute approximate surface area is 68.7 Å². The fourth-order valence-corrected chi connectivity index (χ4v) is 1.73. The molecule has 0 spiro atoms. The van der Waals surface area contributed by atoms with Gasteiger partial charge in [-0.25, -0.2) is 0 Å².